The van der Waals surface area contributed by atoms with Gasteiger partial charge in [0.15, 0.2) is 0 Å². The first kappa shape index (κ1) is 22.2. The summed E-state index contributed by atoms with van der Waals surface area (Å²) in [5.74, 6) is -0.387. The molecule has 2 fully saturated rings. The van der Waals surface area contributed by atoms with Crippen LogP contribution in [0.2, 0.25) is 0 Å². The first-order valence-corrected chi connectivity index (χ1v) is 11.6. The van der Waals surface area contributed by atoms with Crippen molar-refractivity contribution in [2.45, 2.75) is 58.6 Å². The highest BCUT2D eigenvalue weighted by Crippen LogP contribution is 2.24. The summed E-state index contributed by atoms with van der Waals surface area (Å²) in [4.78, 5) is 15.2. The molecule has 0 saturated carbocycles. The van der Waals surface area contributed by atoms with Gasteiger partial charge < -0.3 is 19.5 Å². The normalized spacial score (nSPS) is 19.1. The number of nitriles is 1. The third-order valence-electron chi connectivity index (χ3n) is 6.53. The zero-order valence-electron chi connectivity index (χ0n) is 19.1. The molecule has 4 rings (SSSR count). The van der Waals surface area contributed by atoms with E-state index in [1.807, 2.05) is 37.3 Å². The van der Waals surface area contributed by atoms with Gasteiger partial charge in [0.25, 0.3) is 5.91 Å². The Morgan fingerprint density at radius 2 is 1.94 bits per heavy atom. The zero-order chi connectivity index (χ0) is 22.5. The minimum atomic E-state index is -0.387. The maximum atomic E-state index is 12.8. The Bertz CT molecular complexity index is 1020. The third kappa shape index (κ3) is 5.05. The van der Waals surface area contributed by atoms with Crippen LogP contribution in [0.1, 0.15) is 49.1 Å². The van der Waals surface area contributed by atoms with Crippen molar-refractivity contribution in [3.05, 3.63) is 52.9 Å². The molecular formula is C26H32N4O2. The van der Waals surface area contributed by atoms with Crippen molar-refractivity contribution in [2.24, 2.45) is 0 Å². The number of carbonyl (C=O) groups is 1. The number of anilines is 2. The summed E-state index contributed by atoms with van der Waals surface area (Å²) in [5, 5.41) is 12.5. The van der Waals surface area contributed by atoms with E-state index in [9.17, 15) is 10.1 Å². The Kier molecular flexibility index (Phi) is 6.96. The predicted octanol–water partition coefficient (Wildman–Crippen LogP) is 4.82. The number of aryl methyl sites for hydroxylation is 1. The Morgan fingerprint density at radius 3 is 2.59 bits per heavy atom. The number of rotatable bonds is 6. The first-order chi connectivity index (χ1) is 15.5. The van der Waals surface area contributed by atoms with Crippen molar-refractivity contribution >= 4 is 23.4 Å². The monoisotopic (exact) mass is 432 g/mol. The number of nitrogens with zero attached hydrogens (tertiary/aromatic N) is 3. The maximum absolute atomic E-state index is 12.8. The number of aromatic nitrogens is 1. The van der Waals surface area contributed by atoms with E-state index in [1.165, 1.54) is 24.9 Å². The predicted molar refractivity (Wildman–Crippen MR) is 128 cm³/mol. The summed E-state index contributed by atoms with van der Waals surface area (Å²) < 4.78 is 7.99. The first-order valence-electron chi connectivity index (χ1n) is 11.6. The molecule has 2 aliphatic heterocycles. The van der Waals surface area contributed by atoms with Crippen LogP contribution in [0.5, 0.6) is 0 Å². The molecule has 6 nitrogen and oxygen atoms in total. The molecule has 0 bridgehead atoms. The fourth-order valence-corrected chi connectivity index (χ4v) is 4.66. The van der Waals surface area contributed by atoms with Crippen molar-refractivity contribution in [3.8, 4) is 6.07 Å². The number of hydrogen-bond acceptors (Lipinski definition) is 4. The Balaban J connectivity index is 1.45. The Morgan fingerprint density at radius 1 is 1.19 bits per heavy atom. The molecule has 1 aromatic carbocycles. The number of amides is 1. The number of hydrogen-bond donors (Lipinski definition) is 1. The third-order valence-corrected chi connectivity index (χ3v) is 6.53. The molecule has 6 heteroatoms. The van der Waals surface area contributed by atoms with Crippen LogP contribution in [0.4, 0.5) is 11.4 Å². The van der Waals surface area contributed by atoms with Crippen molar-refractivity contribution in [1.29, 1.82) is 5.26 Å². The van der Waals surface area contributed by atoms with Crippen molar-refractivity contribution in [2.75, 3.05) is 29.9 Å². The molecular weight excluding hydrogens is 400 g/mol. The van der Waals surface area contributed by atoms with Crippen LogP contribution in [-0.2, 0) is 16.1 Å². The summed E-state index contributed by atoms with van der Waals surface area (Å²) in [6.45, 7) is 7.88. The lowest BCUT2D eigenvalue weighted by atomic mass is 10.1. The molecule has 0 radical (unpaired) electrons. The second-order valence-corrected chi connectivity index (χ2v) is 8.79. The molecule has 1 N–H and O–H groups in total. The number of piperidine rings is 1. The van der Waals surface area contributed by atoms with Gasteiger partial charge in [0, 0.05) is 49.0 Å². The minimum absolute atomic E-state index is 0.0995. The number of carbonyl (C=O) groups excluding carboxylic acids is 1. The molecule has 0 aliphatic carbocycles. The fourth-order valence-electron chi connectivity index (χ4n) is 4.66. The highest BCUT2D eigenvalue weighted by molar-refractivity contribution is 6.09. The van der Waals surface area contributed by atoms with Gasteiger partial charge in [-0.3, -0.25) is 4.79 Å². The second kappa shape index (κ2) is 10.1. The van der Waals surface area contributed by atoms with Gasteiger partial charge in [-0.25, -0.2) is 0 Å². The molecule has 32 heavy (non-hydrogen) atoms. The van der Waals surface area contributed by atoms with Gasteiger partial charge in [0.1, 0.15) is 11.6 Å². The highest BCUT2D eigenvalue weighted by atomic mass is 16.5. The summed E-state index contributed by atoms with van der Waals surface area (Å²) in [6.07, 6.45) is 7.85. The standard InChI is InChI=1S/C26H32N4O2/c1-19-15-21(20(2)30(19)18-25-7-6-14-32-25)16-22(17-27)26(31)28-23-8-10-24(11-9-23)29-12-4-3-5-13-29/h8-11,15-16,25H,3-7,12-14,18H2,1-2H3,(H,28,31). The van der Waals surface area contributed by atoms with E-state index in [0.29, 0.717) is 5.69 Å². The van der Waals surface area contributed by atoms with Crippen LogP contribution < -0.4 is 10.2 Å². The van der Waals surface area contributed by atoms with E-state index in [0.717, 1.165) is 56.0 Å². The highest BCUT2D eigenvalue weighted by Gasteiger charge is 2.19. The minimum Gasteiger partial charge on any atom is -0.376 e. The maximum Gasteiger partial charge on any atom is 0.266 e. The lowest BCUT2D eigenvalue weighted by molar-refractivity contribution is -0.112. The van der Waals surface area contributed by atoms with Crippen LogP contribution in [0.3, 0.4) is 0 Å². The SMILES string of the molecule is Cc1cc(C=C(C#N)C(=O)Nc2ccc(N3CCCCC3)cc2)c(C)n1CC1CCCO1. The average Bonchev–Trinajstić information content (AvgIpc) is 3.42. The zero-order valence-corrected chi connectivity index (χ0v) is 19.1. The van der Waals surface area contributed by atoms with Crippen LogP contribution >= 0.6 is 0 Å². The summed E-state index contributed by atoms with van der Waals surface area (Å²) in [5.41, 5.74) is 5.02. The van der Waals surface area contributed by atoms with E-state index >= 15 is 0 Å². The molecule has 1 amide bonds. The quantitative estimate of drug-likeness (QED) is 0.525. The fraction of sp³-hybridized carbons (Fsp3) is 0.462. The lowest BCUT2D eigenvalue weighted by Gasteiger charge is -2.28. The van der Waals surface area contributed by atoms with E-state index in [-0.39, 0.29) is 17.6 Å². The summed E-state index contributed by atoms with van der Waals surface area (Å²) in [7, 11) is 0. The second-order valence-electron chi connectivity index (χ2n) is 8.79. The van der Waals surface area contributed by atoms with E-state index in [4.69, 9.17) is 4.74 Å². The van der Waals surface area contributed by atoms with E-state index in [1.54, 1.807) is 6.08 Å². The van der Waals surface area contributed by atoms with Crippen LogP contribution in [0.15, 0.2) is 35.9 Å². The lowest BCUT2D eigenvalue weighted by Crippen LogP contribution is -2.29. The van der Waals surface area contributed by atoms with Crippen LogP contribution in [-0.4, -0.2) is 36.3 Å². The molecule has 3 heterocycles. The Labute approximate surface area is 190 Å². The van der Waals surface area contributed by atoms with Crippen LogP contribution in [0.25, 0.3) is 6.08 Å². The molecule has 2 aromatic rings. The van der Waals surface area contributed by atoms with Gasteiger partial charge in [-0.2, -0.15) is 5.26 Å². The van der Waals surface area contributed by atoms with Crippen molar-refractivity contribution in [3.63, 3.8) is 0 Å². The van der Waals surface area contributed by atoms with Gasteiger partial charge in [-0.1, -0.05) is 0 Å². The molecule has 1 unspecified atom stereocenters. The molecule has 0 spiro atoms. The molecule has 1 atom stereocenters. The van der Waals surface area contributed by atoms with Gasteiger partial charge in [0.2, 0.25) is 0 Å². The number of benzene rings is 1. The van der Waals surface area contributed by atoms with Gasteiger partial charge in [-0.05, 0) is 87.9 Å². The van der Waals surface area contributed by atoms with E-state index in [2.05, 4.69) is 27.8 Å². The topological polar surface area (TPSA) is 70.3 Å². The summed E-state index contributed by atoms with van der Waals surface area (Å²) >= 11 is 0. The van der Waals surface area contributed by atoms with Gasteiger partial charge in [0.05, 0.1) is 6.10 Å². The van der Waals surface area contributed by atoms with Crippen molar-refractivity contribution < 1.29 is 9.53 Å². The number of nitrogens with one attached hydrogen (secondary N) is 1. The molecule has 2 aliphatic rings. The largest absolute Gasteiger partial charge is 0.376 e. The molecule has 2 saturated heterocycles. The van der Waals surface area contributed by atoms with Gasteiger partial charge in [-0.15, -0.1) is 0 Å². The van der Waals surface area contributed by atoms with Crippen molar-refractivity contribution in [1.82, 2.24) is 4.57 Å². The molecule has 1 aromatic heterocycles. The smallest absolute Gasteiger partial charge is 0.266 e. The van der Waals surface area contributed by atoms with E-state index < -0.39 is 0 Å². The number of ether oxygens (including phenoxy) is 1. The Hall–Kier alpha value is -3.04. The van der Waals surface area contributed by atoms with Gasteiger partial charge >= 0.3 is 0 Å². The molecule has 168 valence electrons. The van der Waals surface area contributed by atoms with Crippen LogP contribution in [0, 0.1) is 25.2 Å². The average molecular weight is 433 g/mol. The summed E-state index contributed by atoms with van der Waals surface area (Å²) in [6, 6.07) is 12.0.